The van der Waals surface area contributed by atoms with Crippen LogP contribution >= 0.6 is 0 Å². The molecule has 0 radical (unpaired) electrons. The van der Waals surface area contributed by atoms with Crippen molar-refractivity contribution in [3.63, 3.8) is 0 Å². The topological polar surface area (TPSA) is 76.1 Å². The molecule has 1 spiro atoms. The number of rotatable bonds is 4. The summed E-state index contributed by atoms with van der Waals surface area (Å²) in [5.41, 5.74) is 0. The van der Waals surface area contributed by atoms with Crippen LogP contribution in [0.1, 0.15) is 19.3 Å². The van der Waals surface area contributed by atoms with Gasteiger partial charge in [-0.2, -0.15) is 0 Å². The van der Waals surface area contributed by atoms with Crippen molar-refractivity contribution in [1.82, 2.24) is 4.90 Å². The molecular formula is C12H23NO5S. The van der Waals surface area contributed by atoms with Crippen molar-refractivity contribution in [1.29, 1.82) is 0 Å². The molecule has 6 nitrogen and oxygen atoms in total. The van der Waals surface area contributed by atoms with E-state index >= 15 is 0 Å². The van der Waals surface area contributed by atoms with E-state index in [4.69, 9.17) is 9.47 Å². The van der Waals surface area contributed by atoms with Gasteiger partial charge in [0.15, 0.2) is 5.79 Å². The van der Waals surface area contributed by atoms with E-state index in [9.17, 15) is 13.5 Å². The summed E-state index contributed by atoms with van der Waals surface area (Å²) in [5, 5.41) is 10.1. The maximum absolute atomic E-state index is 11.2. The Hall–Kier alpha value is -0.210. The summed E-state index contributed by atoms with van der Waals surface area (Å²) in [4.78, 5) is 1.90. The molecular weight excluding hydrogens is 270 g/mol. The first-order valence-corrected chi connectivity index (χ1v) is 8.71. The predicted molar refractivity (Wildman–Crippen MR) is 70.6 cm³/mol. The number of likely N-dealkylation sites (N-methyl/N-ethyl adjacent to an activating group) is 1. The average Bonchev–Trinajstić information content (AvgIpc) is 2.77. The van der Waals surface area contributed by atoms with Crippen molar-refractivity contribution >= 4 is 9.84 Å². The van der Waals surface area contributed by atoms with Gasteiger partial charge in [-0.3, -0.25) is 4.90 Å². The molecule has 0 amide bonds. The highest BCUT2D eigenvalue weighted by atomic mass is 32.2. The molecule has 1 saturated carbocycles. The molecule has 19 heavy (non-hydrogen) atoms. The van der Waals surface area contributed by atoms with E-state index in [1.54, 1.807) is 0 Å². The second kappa shape index (κ2) is 5.65. The van der Waals surface area contributed by atoms with Crippen LogP contribution in [-0.2, 0) is 19.3 Å². The number of ether oxygens (including phenoxy) is 2. The highest BCUT2D eigenvalue weighted by molar-refractivity contribution is 7.90. The first-order valence-electron chi connectivity index (χ1n) is 6.65. The van der Waals surface area contributed by atoms with Crippen LogP contribution < -0.4 is 0 Å². The summed E-state index contributed by atoms with van der Waals surface area (Å²) < 4.78 is 33.8. The van der Waals surface area contributed by atoms with E-state index < -0.39 is 21.7 Å². The summed E-state index contributed by atoms with van der Waals surface area (Å²) in [5.74, 6) is -0.468. The van der Waals surface area contributed by atoms with Gasteiger partial charge >= 0.3 is 0 Å². The van der Waals surface area contributed by atoms with Gasteiger partial charge in [-0.1, -0.05) is 0 Å². The van der Waals surface area contributed by atoms with Gasteiger partial charge in [-0.25, -0.2) is 8.42 Å². The van der Waals surface area contributed by atoms with Crippen molar-refractivity contribution in [2.24, 2.45) is 0 Å². The summed E-state index contributed by atoms with van der Waals surface area (Å²) in [6.45, 7) is 1.60. The summed E-state index contributed by atoms with van der Waals surface area (Å²) in [7, 11) is -1.15. The van der Waals surface area contributed by atoms with E-state index in [1.165, 1.54) is 6.26 Å². The molecule has 0 aromatic heterocycles. The van der Waals surface area contributed by atoms with Crippen LogP contribution in [0.15, 0.2) is 0 Å². The number of hydrogen-bond donors (Lipinski definition) is 1. The molecule has 2 aliphatic rings. The minimum absolute atomic E-state index is 0.0986. The van der Waals surface area contributed by atoms with Crippen molar-refractivity contribution in [3.05, 3.63) is 0 Å². The lowest BCUT2D eigenvalue weighted by Crippen LogP contribution is -2.53. The Morgan fingerprint density at radius 3 is 2.58 bits per heavy atom. The average molecular weight is 293 g/mol. The number of hydrogen-bond acceptors (Lipinski definition) is 6. The molecule has 0 aromatic rings. The summed E-state index contributed by atoms with van der Waals surface area (Å²) >= 11 is 0. The fraction of sp³-hybridized carbons (Fsp3) is 1.00. The summed E-state index contributed by atoms with van der Waals surface area (Å²) in [6.07, 6.45) is 2.68. The van der Waals surface area contributed by atoms with E-state index in [0.717, 1.165) is 0 Å². The normalized spacial score (nSPS) is 31.2. The third-order valence-corrected chi connectivity index (χ3v) is 4.90. The minimum Gasteiger partial charge on any atom is -0.391 e. The lowest BCUT2D eigenvalue weighted by molar-refractivity contribution is -0.203. The third-order valence-electron chi connectivity index (χ3n) is 3.98. The van der Waals surface area contributed by atoms with Crippen molar-refractivity contribution in [3.8, 4) is 0 Å². The summed E-state index contributed by atoms with van der Waals surface area (Å²) in [6, 6.07) is -0.117. The molecule has 2 fully saturated rings. The highest BCUT2D eigenvalue weighted by Crippen LogP contribution is 2.37. The fourth-order valence-electron chi connectivity index (χ4n) is 2.80. The molecule has 1 N–H and O–H groups in total. The number of sulfone groups is 1. The molecule has 2 unspecified atom stereocenters. The van der Waals surface area contributed by atoms with Crippen LogP contribution in [0.2, 0.25) is 0 Å². The van der Waals surface area contributed by atoms with Crippen LogP contribution in [-0.4, -0.2) is 75.2 Å². The van der Waals surface area contributed by atoms with Gasteiger partial charge in [0.1, 0.15) is 9.84 Å². The lowest BCUT2D eigenvalue weighted by Gasteiger charge is -2.42. The maximum atomic E-state index is 11.2. The number of aliphatic hydroxyl groups is 1. The fourth-order valence-corrected chi connectivity index (χ4v) is 3.42. The molecule has 1 heterocycles. The zero-order chi connectivity index (χ0) is 14.1. The van der Waals surface area contributed by atoms with Gasteiger partial charge in [-0.15, -0.1) is 0 Å². The Labute approximate surface area is 114 Å². The molecule has 0 aromatic carbocycles. The standard InChI is InChI=1S/C12H23NO5S/c1-13(5-8-19(2,15)16)10-9-12(4-3-11(10)14)17-6-7-18-12/h10-11,14H,3-9H2,1-2H3. The first kappa shape index (κ1) is 15.2. The van der Waals surface area contributed by atoms with Crippen LogP contribution in [0.3, 0.4) is 0 Å². The second-order valence-corrected chi connectivity index (χ2v) is 7.86. The lowest BCUT2D eigenvalue weighted by atomic mass is 9.86. The van der Waals surface area contributed by atoms with Gasteiger partial charge in [0.25, 0.3) is 0 Å². The van der Waals surface area contributed by atoms with E-state index in [2.05, 4.69) is 0 Å². The Balaban J connectivity index is 1.96. The van der Waals surface area contributed by atoms with Gasteiger partial charge in [0.2, 0.25) is 0 Å². The molecule has 1 saturated heterocycles. The smallest absolute Gasteiger partial charge is 0.170 e. The number of aliphatic hydroxyl groups excluding tert-OH is 1. The maximum Gasteiger partial charge on any atom is 0.170 e. The van der Waals surface area contributed by atoms with Crippen LogP contribution in [0.25, 0.3) is 0 Å². The Morgan fingerprint density at radius 2 is 2.00 bits per heavy atom. The minimum atomic E-state index is -2.99. The number of nitrogens with zero attached hydrogens (tertiary/aromatic N) is 1. The SMILES string of the molecule is CN(CCS(C)(=O)=O)C1CC2(CCC1O)OCCO2. The molecule has 0 bridgehead atoms. The van der Waals surface area contributed by atoms with Crippen molar-refractivity contribution in [2.75, 3.05) is 38.8 Å². The second-order valence-electron chi connectivity index (χ2n) is 5.60. The van der Waals surface area contributed by atoms with Crippen LogP contribution in [0.4, 0.5) is 0 Å². The van der Waals surface area contributed by atoms with Gasteiger partial charge in [0.05, 0.1) is 25.1 Å². The van der Waals surface area contributed by atoms with Gasteiger partial charge < -0.3 is 14.6 Å². The molecule has 7 heteroatoms. The Bertz CT molecular complexity index is 404. The third kappa shape index (κ3) is 3.88. The zero-order valence-electron chi connectivity index (χ0n) is 11.5. The quantitative estimate of drug-likeness (QED) is 0.761. The molecule has 2 atom stereocenters. The van der Waals surface area contributed by atoms with Crippen molar-refractivity contribution in [2.45, 2.75) is 37.2 Å². The van der Waals surface area contributed by atoms with E-state index in [0.29, 0.717) is 39.0 Å². The Morgan fingerprint density at radius 1 is 1.37 bits per heavy atom. The Kier molecular flexibility index (Phi) is 4.52. The predicted octanol–water partition coefficient (Wildman–Crippen LogP) is -0.381. The monoisotopic (exact) mass is 293 g/mol. The van der Waals surface area contributed by atoms with E-state index in [-0.39, 0.29) is 11.8 Å². The van der Waals surface area contributed by atoms with Gasteiger partial charge in [-0.05, 0) is 13.5 Å². The molecule has 112 valence electrons. The van der Waals surface area contributed by atoms with Crippen LogP contribution in [0, 0.1) is 0 Å². The van der Waals surface area contributed by atoms with Gasteiger partial charge in [0, 0.05) is 31.7 Å². The van der Waals surface area contributed by atoms with Crippen molar-refractivity contribution < 1.29 is 23.0 Å². The molecule has 1 aliphatic heterocycles. The molecule has 1 aliphatic carbocycles. The van der Waals surface area contributed by atoms with E-state index in [1.807, 2.05) is 11.9 Å². The highest BCUT2D eigenvalue weighted by Gasteiger charge is 2.45. The first-order chi connectivity index (χ1) is 8.81. The van der Waals surface area contributed by atoms with Crippen LogP contribution in [0.5, 0.6) is 0 Å². The largest absolute Gasteiger partial charge is 0.391 e. The zero-order valence-corrected chi connectivity index (χ0v) is 12.4. The molecule has 2 rings (SSSR count).